The van der Waals surface area contributed by atoms with Gasteiger partial charge in [-0.25, -0.2) is 9.59 Å². The first-order chi connectivity index (χ1) is 37.8. The number of hydrogen-bond acceptors (Lipinski definition) is 14. The highest BCUT2D eigenvalue weighted by molar-refractivity contribution is 6.09. The summed E-state index contributed by atoms with van der Waals surface area (Å²) in [6.07, 6.45) is -3.25. The lowest BCUT2D eigenvalue weighted by Gasteiger charge is -2.60. The lowest BCUT2D eigenvalue weighted by Crippen LogP contribution is -2.75. The summed E-state index contributed by atoms with van der Waals surface area (Å²) >= 11 is 0. The smallest absolute Gasteiger partial charge is 0.328 e. The van der Waals surface area contributed by atoms with Crippen molar-refractivity contribution in [1.82, 2.24) is 30.2 Å². The number of anilines is 2. The van der Waals surface area contributed by atoms with Crippen LogP contribution in [0.4, 0.5) is 21.0 Å². The number of fused-ring (bicyclic) bond motifs is 1. The number of aryl methyl sites for hydroxylation is 2. The second kappa shape index (κ2) is 21.4. The summed E-state index contributed by atoms with van der Waals surface area (Å²) in [4.78, 5) is 142. The lowest BCUT2D eigenvalue weighted by atomic mass is 9.39. The molecule has 8 rings (SSSR count). The minimum atomic E-state index is -2.18. The van der Waals surface area contributed by atoms with Crippen LogP contribution >= 0.6 is 0 Å². The predicted molar refractivity (Wildman–Crippen MR) is 282 cm³/mol. The zero-order chi connectivity index (χ0) is 58.6. The highest BCUT2D eigenvalue weighted by Crippen LogP contribution is 2.66. The third kappa shape index (κ3) is 8.96. The van der Waals surface area contributed by atoms with E-state index in [9.17, 15) is 68.4 Å². The molecule has 24 nitrogen and oxygen atoms in total. The van der Waals surface area contributed by atoms with E-state index in [1.54, 1.807) is 48.5 Å². The number of aliphatic hydroxyl groups excluding tert-OH is 2. The minimum Gasteiger partial charge on any atom is -0.481 e. The SMILES string of the molecule is CNC(=O)[C@@]1(C)C(C(=O)O)[C@@](C)(C(=O)Nc2ccc(-c3ccc(C)cc3)cc2)C1C(=O)OCN1C(=O)N(CO)C2C1N(CO)C(=O)N2COC(=O)C1[C@@](C)(C(=O)NC)C(C(=O)O)[C@@]1(C)C(=O)Nc1ccc(-c2ccc(C)cc2)cc1. The van der Waals surface area contributed by atoms with Crippen molar-refractivity contribution in [3.05, 3.63) is 108 Å². The van der Waals surface area contributed by atoms with Crippen molar-refractivity contribution in [1.29, 1.82) is 0 Å². The van der Waals surface area contributed by atoms with E-state index in [0.29, 0.717) is 9.80 Å². The molecule has 422 valence electrons. The number of nitrogens with zero attached hydrogens (tertiary/aromatic N) is 4. The Morgan fingerprint density at radius 1 is 0.450 bits per heavy atom. The van der Waals surface area contributed by atoms with Crippen molar-refractivity contribution in [2.24, 2.45) is 45.3 Å². The monoisotopic (exact) mass is 1100 g/mol. The lowest BCUT2D eigenvalue weighted by molar-refractivity contribution is -0.219. The van der Waals surface area contributed by atoms with Crippen LogP contribution in [0.5, 0.6) is 0 Å². The van der Waals surface area contributed by atoms with Gasteiger partial charge in [-0.1, -0.05) is 83.9 Å². The van der Waals surface area contributed by atoms with Crippen LogP contribution in [-0.2, 0) is 47.8 Å². The van der Waals surface area contributed by atoms with Crippen molar-refractivity contribution in [3.8, 4) is 22.3 Å². The van der Waals surface area contributed by atoms with Crippen LogP contribution in [0.2, 0.25) is 0 Å². The Kier molecular flexibility index (Phi) is 15.3. The molecule has 4 aromatic rings. The number of hydrogen-bond donors (Lipinski definition) is 8. The number of nitrogens with one attached hydrogen (secondary N) is 4. The first-order valence-corrected chi connectivity index (χ1v) is 25.4. The average molecular weight is 1100 g/mol. The Balaban J connectivity index is 1.02. The minimum absolute atomic E-state index is 0.230. The Labute approximate surface area is 459 Å². The molecule has 0 bridgehead atoms. The van der Waals surface area contributed by atoms with Gasteiger partial charge in [0.15, 0.2) is 25.8 Å². The van der Waals surface area contributed by atoms with E-state index < -0.39 is 144 Å². The van der Waals surface area contributed by atoms with Gasteiger partial charge >= 0.3 is 35.9 Å². The summed E-state index contributed by atoms with van der Waals surface area (Å²) in [6.45, 7) is 4.23. The molecule has 10 atom stereocenters. The van der Waals surface area contributed by atoms with Gasteiger partial charge in [-0.05, 0) is 88.1 Å². The number of urea groups is 2. The fraction of sp³-hybridized carbons (Fsp3) is 0.393. The van der Waals surface area contributed by atoms with Crippen LogP contribution in [-0.4, -0.2) is 153 Å². The molecule has 6 unspecified atom stereocenters. The van der Waals surface area contributed by atoms with E-state index in [2.05, 4.69) is 21.3 Å². The number of benzene rings is 4. The normalized spacial score (nSPS) is 27.5. The number of carbonyl (C=O) groups excluding carboxylic acids is 8. The molecule has 8 amide bonds. The summed E-state index contributed by atoms with van der Waals surface area (Å²) in [6, 6.07) is 26.4. The summed E-state index contributed by atoms with van der Waals surface area (Å²) in [5.74, 6) is -16.9. The van der Waals surface area contributed by atoms with E-state index in [1.165, 1.54) is 41.8 Å². The van der Waals surface area contributed by atoms with Gasteiger partial charge < -0.3 is 51.2 Å². The molecular weight excluding hydrogens is 1040 g/mol. The van der Waals surface area contributed by atoms with Crippen LogP contribution in [0.15, 0.2) is 97.1 Å². The van der Waals surface area contributed by atoms with Crippen molar-refractivity contribution in [2.45, 2.75) is 53.9 Å². The predicted octanol–water partition coefficient (Wildman–Crippen LogP) is 3.42. The first kappa shape index (κ1) is 57.3. The molecule has 2 aliphatic carbocycles. The molecule has 0 aromatic heterocycles. The van der Waals surface area contributed by atoms with Gasteiger partial charge in [0, 0.05) is 25.5 Å². The molecule has 2 saturated heterocycles. The standard InChI is InChI=1S/C56H62N8O16/c1-29-9-13-31(14-10-29)33-17-21-35(22-18-33)59-49(75)55(5)37(43(67)68)53(3,47(73)57-7)39(55)45(71)79-27-63-41-42(62(26-66)51(63)77)64(52(78)61(41)25-65)28-80-46(72)40-54(4,48(74)58-8)38(44(69)70)56(40,6)50(76)60-36-23-19-34(20-24-36)32-15-11-30(2)12-16-32/h9-24,37-42,65-66H,25-28H2,1-8H3,(H,57,73)(H,58,74)(H,59,75)(H,60,76)(H,67,68)(H,69,70)/t37?,38?,39?,40?,41?,42?,53-,54-,55+,56+/m0/s1. The Morgan fingerprint density at radius 2 is 0.725 bits per heavy atom. The fourth-order valence-electron chi connectivity index (χ4n) is 12.8. The number of ether oxygens (including phenoxy) is 2. The highest BCUT2D eigenvalue weighted by atomic mass is 16.6. The largest absolute Gasteiger partial charge is 0.481 e. The average Bonchev–Trinajstić information content (AvgIpc) is 3.99. The molecule has 8 N–H and O–H groups in total. The number of amides is 8. The number of rotatable bonds is 18. The van der Waals surface area contributed by atoms with Gasteiger partial charge in [-0.3, -0.25) is 58.0 Å². The number of carbonyl (C=O) groups is 10. The number of carboxylic acids is 2. The fourth-order valence-corrected chi connectivity index (χ4v) is 12.8. The summed E-state index contributed by atoms with van der Waals surface area (Å²) in [5, 5.41) is 52.4. The van der Waals surface area contributed by atoms with E-state index in [0.717, 1.165) is 43.2 Å². The third-order valence-corrected chi connectivity index (χ3v) is 16.8. The Bertz CT molecular complexity index is 2970. The molecule has 0 spiro atoms. The van der Waals surface area contributed by atoms with Crippen LogP contribution in [0.3, 0.4) is 0 Å². The maximum Gasteiger partial charge on any atom is 0.328 e. The molecule has 0 radical (unpaired) electrons. The van der Waals surface area contributed by atoms with Crippen molar-refractivity contribution in [3.63, 3.8) is 0 Å². The van der Waals surface area contributed by atoms with Gasteiger partial charge in [-0.2, -0.15) is 0 Å². The van der Waals surface area contributed by atoms with Crippen LogP contribution < -0.4 is 21.3 Å². The molecule has 24 heteroatoms. The van der Waals surface area contributed by atoms with Crippen molar-refractivity contribution in [2.75, 3.05) is 51.7 Å². The Morgan fingerprint density at radius 3 is 0.988 bits per heavy atom. The molecular formula is C56H62N8O16. The van der Waals surface area contributed by atoms with Crippen LogP contribution in [0.1, 0.15) is 38.8 Å². The first-order valence-electron chi connectivity index (χ1n) is 25.4. The number of esters is 2. The van der Waals surface area contributed by atoms with Gasteiger partial charge in [-0.15, -0.1) is 0 Å². The molecule has 4 fully saturated rings. The molecule has 80 heavy (non-hydrogen) atoms. The highest BCUT2D eigenvalue weighted by Gasteiger charge is 2.80. The number of carboxylic acid groups (broad SMARTS) is 2. The number of aliphatic hydroxyl groups is 2. The van der Waals surface area contributed by atoms with Gasteiger partial charge in [0.2, 0.25) is 23.6 Å². The zero-order valence-electron chi connectivity index (χ0n) is 45.0. The summed E-state index contributed by atoms with van der Waals surface area (Å²) in [7, 11) is 2.41. The van der Waals surface area contributed by atoms with Gasteiger partial charge in [0.1, 0.15) is 13.5 Å². The van der Waals surface area contributed by atoms with E-state index in [1.807, 2.05) is 62.4 Å². The van der Waals surface area contributed by atoms with Gasteiger partial charge in [0.25, 0.3) is 0 Å². The molecule has 2 aliphatic heterocycles. The van der Waals surface area contributed by atoms with Crippen molar-refractivity contribution < 1.29 is 77.8 Å². The van der Waals surface area contributed by atoms with E-state index in [-0.39, 0.29) is 11.4 Å². The maximum atomic E-state index is 14.5. The molecule has 4 aromatic carbocycles. The zero-order valence-corrected chi connectivity index (χ0v) is 45.0. The second-order valence-corrected chi connectivity index (χ2v) is 21.2. The second-order valence-electron chi connectivity index (χ2n) is 21.2. The maximum absolute atomic E-state index is 14.5. The summed E-state index contributed by atoms with van der Waals surface area (Å²) in [5.41, 5.74) is -2.68. The molecule has 2 saturated carbocycles. The molecule has 4 aliphatic rings. The Hall–Kier alpha value is -8.90. The topological polar surface area (TPSA) is 331 Å². The van der Waals surface area contributed by atoms with E-state index in [4.69, 9.17) is 9.47 Å². The van der Waals surface area contributed by atoms with Crippen molar-refractivity contribution >= 4 is 70.9 Å². The van der Waals surface area contributed by atoms with Gasteiger partial charge in [0.05, 0.1) is 45.3 Å². The molecule has 2 heterocycles. The summed E-state index contributed by atoms with van der Waals surface area (Å²) < 4.78 is 11.3. The number of aliphatic carboxylic acids is 2. The quantitative estimate of drug-likeness (QED) is 0.0662. The van der Waals surface area contributed by atoms with Crippen LogP contribution in [0, 0.1) is 59.2 Å². The van der Waals surface area contributed by atoms with Crippen LogP contribution in [0.25, 0.3) is 22.3 Å². The third-order valence-electron chi connectivity index (χ3n) is 16.8. The van der Waals surface area contributed by atoms with E-state index >= 15 is 0 Å².